The summed E-state index contributed by atoms with van der Waals surface area (Å²) in [5.74, 6) is -0.931. The molecule has 0 aliphatic carbocycles. The highest BCUT2D eigenvalue weighted by molar-refractivity contribution is 7.47. The van der Waals surface area contributed by atoms with Crippen molar-refractivity contribution in [2.24, 2.45) is 0 Å². The predicted octanol–water partition coefficient (Wildman–Crippen LogP) is 14.4. The van der Waals surface area contributed by atoms with Crippen LogP contribution < -0.4 is 0 Å². The summed E-state index contributed by atoms with van der Waals surface area (Å²) in [7, 11) is 1.41. The van der Waals surface area contributed by atoms with Gasteiger partial charge in [0.15, 0.2) is 6.10 Å². The first kappa shape index (κ1) is 59.2. The molecular formula is C52H91NO8P+. The fourth-order valence-corrected chi connectivity index (χ4v) is 6.82. The zero-order chi connectivity index (χ0) is 45.7. The van der Waals surface area contributed by atoms with E-state index in [-0.39, 0.29) is 26.1 Å². The van der Waals surface area contributed by atoms with Crippen LogP contribution in [0.25, 0.3) is 0 Å². The molecule has 0 rings (SSSR count). The van der Waals surface area contributed by atoms with Gasteiger partial charge in [0.2, 0.25) is 0 Å². The van der Waals surface area contributed by atoms with E-state index >= 15 is 0 Å². The Morgan fingerprint density at radius 2 is 0.871 bits per heavy atom. The Bertz CT molecular complexity index is 1330. The van der Waals surface area contributed by atoms with Gasteiger partial charge in [0.1, 0.15) is 19.8 Å². The van der Waals surface area contributed by atoms with Gasteiger partial charge in [-0.3, -0.25) is 18.6 Å². The number of phosphoric ester groups is 1. The Labute approximate surface area is 380 Å². The number of phosphoric acid groups is 1. The van der Waals surface area contributed by atoms with E-state index in [0.29, 0.717) is 30.3 Å². The Kier molecular flexibility index (Phi) is 41.5. The highest BCUT2D eigenvalue weighted by Gasteiger charge is 2.27. The SMILES string of the molecule is CCCCCCCC/C=C/C/C=C/C/C=C/CCCC(=O)O[C@H](COC(=O)CCC/C=C/C/C=C/C/C=C/C/C=C/CCCCCCCCC)COP(=O)(O)OCC[N+](C)(C)C. The molecule has 356 valence electrons. The van der Waals surface area contributed by atoms with Gasteiger partial charge in [-0.05, 0) is 83.5 Å². The number of carbonyl (C=O) groups excluding carboxylic acids is 2. The third-order valence-corrected chi connectivity index (χ3v) is 10.9. The first-order valence-corrected chi connectivity index (χ1v) is 25.8. The summed E-state index contributed by atoms with van der Waals surface area (Å²) in [5.41, 5.74) is 0. The Morgan fingerprint density at radius 1 is 0.500 bits per heavy atom. The molecule has 2 atom stereocenters. The summed E-state index contributed by atoms with van der Waals surface area (Å²) in [6.45, 7) is 4.28. The molecule has 10 heteroatoms. The van der Waals surface area contributed by atoms with Crippen LogP contribution in [0.2, 0.25) is 0 Å². The summed E-state index contributed by atoms with van der Waals surface area (Å²) >= 11 is 0. The maximum atomic E-state index is 12.7. The number of carbonyl (C=O) groups is 2. The van der Waals surface area contributed by atoms with Gasteiger partial charge in [0.05, 0.1) is 27.7 Å². The average molecular weight is 889 g/mol. The van der Waals surface area contributed by atoms with Crippen LogP contribution in [0.5, 0.6) is 0 Å². The van der Waals surface area contributed by atoms with Crippen molar-refractivity contribution in [1.29, 1.82) is 0 Å². The summed E-state index contributed by atoms with van der Waals surface area (Å²) in [5, 5.41) is 0. The number of hydrogen-bond donors (Lipinski definition) is 1. The van der Waals surface area contributed by atoms with Crippen molar-refractivity contribution < 1.29 is 42.1 Å². The number of likely N-dealkylation sites (N-methyl/N-ethyl adjacent to an activating group) is 1. The molecule has 9 nitrogen and oxygen atoms in total. The molecule has 0 aromatic carbocycles. The van der Waals surface area contributed by atoms with Crippen molar-refractivity contribution in [3.8, 4) is 0 Å². The normalized spacial score (nSPS) is 14.2. The second-order valence-electron chi connectivity index (χ2n) is 17.1. The van der Waals surface area contributed by atoms with Crippen LogP contribution in [0.15, 0.2) is 85.1 Å². The molecule has 0 saturated heterocycles. The molecule has 62 heavy (non-hydrogen) atoms. The number of ether oxygens (including phenoxy) is 2. The highest BCUT2D eigenvalue weighted by atomic mass is 31.2. The maximum Gasteiger partial charge on any atom is 0.472 e. The monoisotopic (exact) mass is 889 g/mol. The Hall–Kier alpha value is -2.81. The highest BCUT2D eigenvalue weighted by Crippen LogP contribution is 2.43. The smallest absolute Gasteiger partial charge is 0.462 e. The molecular weight excluding hydrogens is 798 g/mol. The number of quaternary nitrogens is 1. The fourth-order valence-electron chi connectivity index (χ4n) is 6.08. The third-order valence-electron chi connectivity index (χ3n) is 9.90. The van der Waals surface area contributed by atoms with Crippen LogP contribution in [0, 0.1) is 0 Å². The maximum absolute atomic E-state index is 12.7. The molecule has 0 aromatic heterocycles. The van der Waals surface area contributed by atoms with E-state index in [1.807, 2.05) is 27.2 Å². The molecule has 0 fully saturated rings. The zero-order valence-electron chi connectivity index (χ0n) is 40.1. The lowest BCUT2D eigenvalue weighted by Crippen LogP contribution is -2.37. The second kappa shape index (κ2) is 43.4. The third kappa shape index (κ3) is 46.7. The van der Waals surface area contributed by atoms with E-state index < -0.39 is 32.5 Å². The average Bonchev–Trinajstić information content (AvgIpc) is 3.23. The first-order chi connectivity index (χ1) is 30.0. The summed E-state index contributed by atoms with van der Waals surface area (Å²) in [6.07, 6.45) is 56.6. The van der Waals surface area contributed by atoms with Crippen LogP contribution in [-0.2, 0) is 32.7 Å². The standard InChI is InChI=1S/C52H90NO8P/c1-6-8-10-12-14-16-18-20-22-24-25-26-27-29-30-32-34-36-38-40-42-44-51(54)58-48-50(49-60-62(56,57)59-47-46-53(3,4)5)61-52(55)45-43-41-39-37-35-33-31-28-23-21-19-17-15-13-11-9-7-2/h21-24,26-27,30-33,36-39,50H,6-20,25,28-29,34-35,40-49H2,1-5H3/p+1/b23-21+,24-22+,27-26+,32-30+,33-31+,38-36+,39-37+/t50-/m1/s1. The molecule has 0 heterocycles. The van der Waals surface area contributed by atoms with Gasteiger partial charge in [0, 0.05) is 12.8 Å². The van der Waals surface area contributed by atoms with Gasteiger partial charge in [-0.1, -0.05) is 170 Å². The molecule has 0 spiro atoms. The number of rotatable bonds is 43. The number of hydrogen-bond acceptors (Lipinski definition) is 7. The molecule has 0 aliphatic rings. The molecule has 0 bridgehead atoms. The minimum Gasteiger partial charge on any atom is -0.462 e. The van der Waals surface area contributed by atoms with Crippen molar-refractivity contribution in [2.75, 3.05) is 47.5 Å². The van der Waals surface area contributed by atoms with Gasteiger partial charge in [-0.25, -0.2) is 4.57 Å². The van der Waals surface area contributed by atoms with Crippen LogP contribution in [-0.4, -0.2) is 74.9 Å². The van der Waals surface area contributed by atoms with Gasteiger partial charge in [0.25, 0.3) is 0 Å². The second-order valence-corrected chi connectivity index (χ2v) is 18.6. The van der Waals surface area contributed by atoms with Crippen molar-refractivity contribution in [3.05, 3.63) is 85.1 Å². The zero-order valence-corrected chi connectivity index (χ0v) is 41.0. The number of unbranched alkanes of at least 4 members (excludes halogenated alkanes) is 15. The molecule has 0 saturated carbocycles. The van der Waals surface area contributed by atoms with E-state index in [4.69, 9.17) is 18.5 Å². The minimum atomic E-state index is -4.41. The summed E-state index contributed by atoms with van der Waals surface area (Å²) in [6, 6.07) is 0. The lowest BCUT2D eigenvalue weighted by atomic mass is 10.1. The van der Waals surface area contributed by atoms with Gasteiger partial charge in [-0.15, -0.1) is 0 Å². The molecule has 1 N–H and O–H groups in total. The van der Waals surface area contributed by atoms with E-state index in [1.165, 1.54) is 89.9 Å². The van der Waals surface area contributed by atoms with E-state index in [9.17, 15) is 19.0 Å². The van der Waals surface area contributed by atoms with Crippen LogP contribution in [0.3, 0.4) is 0 Å². The van der Waals surface area contributed by atoms with E-state index in [0.717, 1.165) is 44.9 Å². The van der Waals surface area contributed by atoms with Crippen LogP contribution in [0.4, 0.5) is 0 Å². The number of esters is 2. The number of nitrogens with zero attached hydrogens (tertiary/aromatic N) is 1. The predicted molar refractivity (Wildman–Crippen MR) is 261 cm³/mol. The van der Waals surface area contributed by atoms with E-state index in [2.05, 4.69) is 92.8 Å². The van der Waals surface area contributed by atoms with Crippen molar-refractivity contribution in [1.82, 2.24) is 0 Å². The quantitative estimate of drug-likeness (QED) is 0.0212. The van der Waals surface area contributed by atoms with Crippen molar-refractivity contribution >= 4 is 19.8 Å². The van der Waals surface area contributed by atoms with Gasteiger partial charge in [-0.2, -0.15) is 0 Å². The lowest BCUT2D eigenvalue weighted by molar-refractivity contribution is -0.870. The van der Waals surface area contributed by atoms with E-state index in [1.54, 1.807) is 0 Å². The van der Waals surface area contributed by atoms with Crippen LogP contribution >= 0.6 is 7.82 Å². The van der Waals surface area contributed by atoms with Crippen LogP contribution in [0.1, 0.15) is 181 Å². The summed E-state index contributed by atoms with van der Waals surface area (Å²) in [4.78, 5) is 35.4. The molecule has 0 aromatic rings. The molecule has 0 aliphatic heterocycles. The molecule has 1 unspecified atom stereocenters. The lowest BCUT2D eigenvalue weighted by Gasteiger charge is -2.24. The topological polar surface area (TPSA) is 108 Å². The fraction of sp³-hybridized carbons (Fsp3) is 0.692. The summed E-state index contributed by atoms with van der Waals surface area (Å²) < 4.78 is 34.2. The molecule has 0 amide bonds. The van der Waals surface area contributed by atoms with Gasteiger partial charge >= 0.3 is 19.8 Å². The van der Waals surface area contributed by atoms with Gasteiger partial charge < -0.3 is 18.9 Å². The first-order valence-electron chi connectivity index (χ1n) is 24.3. The largest absolute Gasteiger partial charge is 0.472 e. The van der Waals surface area contributed by atoms with Crippen molar-refractivity contribution in [2.45, 2.75) is 187 Å². The molecule has 0 radical (unpaired) electrons. The Balaban J connectivity index is 4.48. The Morgan fingerprint density at radius 3 is 1.29 bits per heavy atom. The number of allylic oxidation sites excluding steroid dienone is 14. The minimum absolute atomic E-state index is 0.00990. The van der Waals surface area contributed by atoms with Crippen molar-refractivity contribution in [3.63, 3.8) is 0 Å².